The maximum absolute atomic E-state index is 12.6. The summed E-state index contributed by atoms with van der Waals surface area (Å²) in [6.45, 7) is 0. The Morgan fingerprint density at radius 3 is 2.88 bits per heavy atom. The van der Waals surface area contributed by atoms with E-state index in [-0.39, 0.29) is 17.0 Å². The molecule has 1 amide bonds. The fourth-order valence-electron chi connectivity index (χ4n) is 4.10. The Morgan fingerprint density at radius 2 is 2.03 bits per heavy atom. The lowest BCUT2D eigenvalue weighted by atomic mass is 9.97. The zero-order valence-corrected chi connectivity index (χ0v) is 20.0. The second kappa shape index (κ2) is 9.94. The minimum Gasteiger partial charge on any atom is -0.326 e. The van der Waals surface area contributed by atoms with E-state index in [0.717, 1.165) is 35.0 Å². The molecule has 8 nitrogen and oxygen atoms in total. The van der Waals surface area contributed by atoms with E-state index in [2.05, 4.69) is 25.5 Å². The van der Waals surface area contributed by atoms with Crippen LogP contribution in [0.5, 0.6) is 0 Å². The Bertz CT molecular complexity index is 1450. The fourth-order valence-corrected chi connectivity index (χ4v) is 6.18. The molecule has 0 spiro atoms. The summed E-state index contributed by atoms with van der Waals surface area (Å²) in [5.41, 5.74) is 2.96. The molecule has 174 valence electrons. The van der Waals surface area contributed by atoms with E-state index in [1.54, 1.807) is 29.2 Å². The summed E-state index contributed by atoms with van der Waals surface area (Å²) in [6.07, 6.45) is 4.65. The SMILES string of the molecule is O=C(CCSCc1nc2sc3c(c2c(=O)[nH]1)CCCC3)Nc1cccc(-c2ccc(=O)[nH]n2)c1. The number of aryl methyl sites for hydroxylation is 2. The quantitative estimate of drug-likeness (QED) is 0.336. The Morgan fingerprint density at radius 1 is 1.15 bits per heavy atom. The zero-order valence-electron chi connectivity index (χ0n) is 18.3. The summed E-state index contributed by atoms with van der Waals surface area (Å²) in [5.74, 6) is 1.72. The van der Waals surface area contributed by atoms with E-state index in [4.69, 9.17) is 0 Å². The number of thioether (sulfide) groups is 1. The average Bonchev–Trinajstić information content (AvgIpc) is 3.21. The maximum atomic E-state index is 12.6. The number of amides is 1. The molecule has 34 heavy (non-hydrogen) atoms. The molecule has 10 heteroatoms. The van der Waals surface area contributed by atoms with Gasteiger partial charge in [-0.3, -0.25) is 14.4 Å². The topological polar surface area (TPSA) is 121 Å². The van der Waals surface area contributed by atoms with Gasteiger partial charge >= 0.3 is 0 Å². The molecule has 0 saturated heterocycles. The van der Waals surface area contributed by atoms with Crippen LogP contribution >= 0.6 is 23.1 Å². The molecule has 0 fully saturated rings. The number of carbonyl (C=O) groups excluding carboxylic acids is 1. The highest BCUT2D eigenvalue weighted by atomic mass is 32.2. The van der Waals surface area contributed by atoms with Crippen LogP contribution in [0.15, 0.2) is 46.0 Å². The molecule has 3 N–H and O–H groups in total. The van der Waals surface area contributed by atoms with Crippen molar-refractivity contribution >= 4 is 44.9 Å². The Hall–Kier alpha value is -3.24. The normalized spacial score (nSPS) is 13.1. The van der Waals surface area contributed by atoms with Crippen molar-refractivity contribution in [3.63, 3.8) is 0 Å². The summed E-state index contributed by atoms with van der Waals surface area (Å²) in [5, 5.41) is 10.1. The van der Waals surface area contributed by atoms with Crippen LogP contribution in [-0.2, 0) is 23.4 Å². The minimum absolute atomic E-state index is 0.0467. The second-order valence-corrected chi connectivity index (χ2v) is 10.3. The summed E-state index contributed by atoms with van der Waals surface area (Å²) in [6, 6.07) is 10.4. The number of hydrogen-bond acceptors (Lipinski definition) is 7. The molecule has 0 atom stereocenters. The Balaban J connectivity index is 1.15. The lowest BCUT2D eigenvalue weighted by molar-refractivity contribution is -0.115. The van der Waals surface area contributed by atoms with Gasteiger partial charge in [0.05, 0.1) is 16.8 Å². The van der Waals surface area contributed by atoms with Gasteiger partial charge in [-0.15, -0.1) is 11.3 Å². The lowest BCUT2D eigenvalue weighted by Crippen LogP contribution is -2.13. The number of nitrogens with zero attached hydrogens (tertiary/aromatic N) is 2. The highest BCUT2D eigenvalue weighted by molar-refractivity contribution is 7.98. The van der Waals surface area contributed by atoms with Gasteiger partial charge in [0.25, 0.3) is 11.1 Å². The Labute approximate surface area is 203 Å². The molecular formula is C24H23N5O3S2. The van der Waals surface area contributed by atoms with Crippen LogP contribution in [0, 0.1) is 0 Å². The van der Waals surface area contributed by atoms with E-state index in [0.29, 0.717) is 35.1 Å². The number of rotatable bonds is 7. The minimum atomic E-state index is -0.264. The van der Waals surface area contributed by atoms with Crippen molar-refractivity contribution in [1.82, 2.24) is 20.2 Å². The van der Waals surface area contributed by atoms with Crippen molar-refractivity contribution in [2.24, 2.45) is 0 Å². The molecule has 0 bridgehead atoms. The van der Waals surface area contributed by atoms with Gasteiger partial charge in [-0.05, 0) is 49.4 Å². The number of H-pyrrole nitrogens is 2. The van der Waals surface area contributed by atoms with E-state index < -0.39 is 0 Å². The predicted octanol–water partition coefficient (Wildman–Crippen LogP) is 3.88. The van der Waals surface area contributed by atoms with Gasteiger partial charge in [0.1, 0.15) is 10.7 Å². The molecule has 1 aliphatic carbocycles. The van der Waals surface area contributed by atoms with Crippen molar-refractivity contribution in [2.75, 3.05) is 11.1 Å². The third-order valence-corrected chi connectivity index (χ3v) is 7.86. The van der Waals surface area contributed by atoms with Crippen molar-refractivity contribution in [3.8, 4) is 11.3 Å². The first-order chi connectivity index (χ1) is 16.6. The van der Waals surface area contributed by atoms with E-state index in [1.807, 2.05) is 24.3 Å². The molecular weight excluding hydrogens is 470 g/mol. The van der Waals surface area contributed by atoms with Crippen LogP contribution in [0.25, 0.3) is 21.5 Å². The number of carbonyl (C=O) groups is 1. The van der Waals surface area contributed by atoms with Gasteiger partial charge in [0.2, 0.25) is 5.91 Å². The monoisotopic (exact) mass is 493 g/mol. The molecule has 0 saturated carbocycles. The molecule has 4 aromatic rings. The number of nitrogens with one attached hydrogen (secondary N) is 3. The first-order valence-electron chi connectivity index (χ1n) is 11.1. The number of hydrogen-bond donors (Lipinski definition) is 3. The molecule has 3 heterocycles. The molecule has 0 radical (unpaired) electrons. The second-order valence-electron chi connectivity index (χ2n) is 8.14. The first kappa shape index (κ1) is 22.5. The Kier molecular flexibility index (Phi) is 6.59. The molecule has 0 aliphatic heterocycles. The number of thiophene rings is 1. The molecule has 1 aliphatic rings. The summed E-state index contributed by atoms with van der Waals surface area (Å²) < 4.78 is 0. The third kappa shape index (κ3) is 4.97. The smallest absolute Gasteiger partial charge is 0.264 e. The van der Waals surface area contributed by atoms with Crippen molar-refractivity contribution in [1.29, 1.82) is 0 Å². The molecule has 5 rings (SSSR count). The third-order valence-electron chi connectivity index (χ3n) is 5.71. The largest absolute Gasteiger partial charge is 0.326 e. The van der Waals surface area contributed by atoms with E-state index in [1.165, 1.54) is 22.9 Å². The molecule has 3 aromatic heterocycles. The molecule has 0 unspecified atom stereocenters. The van der Waals surface area contributed by atoms with Gasteiger partial charge in [0, 0.05) is 34.4 Å². The highest BCUT2D eigenvalue weighted by Gasteiger charge is 2.19. The fraction of sp³-hybridized carbons (Fsp3) is 0.292. The van der Waals surface area contributed by atoms with Crippen LogP contribution in [0.1, 0.15) is 35.5 Å². The van der Waals surface area contributed by atoms with E-state index >= 15 is 0 Å². The van der Waals surface area contributed by atoms with Crippen LogP contribution in [-0.4, -0.2) is 31.8 Å². The van der Waals surface area contributed by atoms with Crippen molar-refractivity contribution in [3.05, 3.63) is 73.4 Å². The van der Waals surface area contributed by atoms with Crippen molar-refractivity contribution < 1.29 is 4.79 Å². The van der Waals surface area contributed by atoms with Gasteiger partial charge < -0.3 is 10.3 Å². The first-order valence-corrected chi connectivity index (χ1v) is 13.1. The highest BCUT2D eigenvalue weighted by Crippen LogP contribution is 2.33. The van der Waals surface area contributed by atoms with Crippen LogP contribution in [0.2, 0.25) is 0 Å². The van der Waals surface area contributed by atoms with Gasteiger partial charge in [-0.2, -0.15) is 16.9 Å². The number of benzene rings is 1. The van der Waals surface area contributed by atoms with Gasteiger partial charge in [-0.25, -0.2) is 10.1 Å². The number of aromatic nitrogens is 4. The lowest BCUT2D eigenvalue weighted by Gasteiger charge is -2.09. The van der Waals surface area contributed by atoms with Crippen LogP contribution in [0.4, 0.5) is 5.69 Å². The van der Waals surface area contributed by atoms with Crippen molar-refractivity contribution in [2.45, 2.75) is 37.9 Å². The van der Waals surface area contributed by atoms with Gasteiger partial charge in [0.15, 0.2) is 0 Å². The summed E-state index contributed by atoms with van der Waals surface area (Å²) in [4.78, 5) is 46.0. The number of fused-ring (bicyclic) bond motifs is 3. The predicted molar refractivity (Wildman–Crippen MR) is 137 cm³/mol. The van der Waals surface area contributed by atoms with Gasteiger partial charge in [-0.1, -0.05) is 12.1 Å². The maximum Gasteiger partial charge on any atom is 0.264 e. The summed E-state index contributed by atoms with van der Waals surface area (Å²) in [7, 11) is 0. The van der Waals surface area contributed by atoms with E-state index in [9.17, 15) is 14.4 Å². The number of aromatic amines is 2. The molecule has 1 aromatic carbocycles. The van der Waals surface area contributed by atoms with Crippen LogP contribution in [0.3, 0.4) is 0 Å². The van der Waals surface area contributed by atoms with Crippen LogP contribution < -0.4 is 16.4 Å². The summed E-state index contributed by atoms with van der Waals surface area (Å²) >= 11 is 3.21. The standard InChI is InChI=1S/C24H23N5O3S2/c30-20(25-15-5-3-4-14(12-15)17-8-9-21(31)29-28-17)10-11-33-13-19-26-23(32)22-16-6-1-2-7-18(16)34-24(22)27-19/h3-5,8-9,12H,1-2,6-7,10-11,13H2,(H,25,30)(H,29,31)(H,26,27,32). The average molecular weight is 494 g/mol. The zero-order chi connectivity index (χ0) is 23.5. The number of anilines is 1.